The summed E-state index contributed by atoms with van der Waals surface area (Å²) in [5, 5.41) is 12.5. The van der Waals surface area contributed by atoms with Crippen LogP contribution in [0.5, 0.6) is 0 Å². The monoisotopic (exact) mass is 536 g/mol. The molecule has 2 aliphatic rings. The Morgan fingerprint density at radius 1 is 1.26 bits per heavy atom. The van der Waals surface area contributed by atoms with Crippen LogP contribution in [-0.2, 0) is 25.4 Å². The van der Waals surface area contributed by atoms with Gasteiger partial charge in [-0.15, -0.1) is 11.8 Å². The van der Waals surface area contributed by atoms with Crippen LogP contribution in [0.2, 0.25) is 18.1 Å². The Kier molecular flexibility index (Phi) is 8.83. The van der Waals surface area contributed by atoms with Crippen molar-refractivity contribution in [2.75, 3.05) is 5.75 Å². The summed E-state index contributed by atoms with van der Waals surface area (Å²) in [4.78, 5) is 38.8. The first kappa shape index (κ1) is 27.8. The standard InChI is InChI=1S/C25H36N2O5S2Si/c1-7-17(32-35(5,6)25(2,3)4)19-21(29)27-20(23(30)31)24(34-22(19)27)33-14-13-18(28)26-15-16-11-9-8-10-12-16/h8-12,17,19,22H,7,13-15H2,1-6H3,(H,26,28)(H,30,31)/t17-,19+,22+/m0/s1. The second-order valence-corrected chi connectivity index (χ2v) is 17.6. The molecule has 2 N–H and O–H groups in total. The van der Waals surface area contributed by atoms with E-state index in [9.17, 15) is 19.5 Å². The van der Waals surface area contributed by atoms with Crippen molar-refractivity contribution in [2.24, 2.45) is 5.92 Å². The number of β-lactam (4-membered cyclic amide) rings is 1. The van der Waals surface area contributed by atoms with Gasteiger partial charge in [-0.2, -0.15) is 0 Å². The number of nitrogens with zero attached hydrogens (tertiary/aromatic N) is 1. The highest BCUT2D eigenvalue weighted by atomic mass is 32.2. The number of benzene rings is 1. The van der Waals surface area contributed by atoms with Gasteiger partial charge >= 0.3 is 5.97 Å². The molecule has 0 unspecified atom stereocenters. The third-order valence-corrected chi connectivity index (χ3v) is 14.1. The molecule has 2 aliphatic heterocycles. The van der Waals surface area contributed by atoms with Crippen LogP contribution >= 0.6 is 23.5 Å². The molecule has 1 saturated heterocycles. The summed E-state index contributed by atoms with van der Waals surface area (Å²) in [7, 11) is -2.09. The number of aliphatic carboxylic acids is 1. The van der Waals surface area contributed by atoms with Gasteiger partial charge in [0.15, 0.2) is 14.0 Å². The molecule has 0 aliphatic carbocycles. The van der Waals surface area contributed by atoms with E-state index >= 15 is 0 Å². The summed E-state index contributed by atoms with van der Waals surface area (Å²) in [6.45, 7) is 13.3. The van der Waals surface area contributed by atoms with E-state index in [-0.39, 0.29) is 46.4 Å². The van der Waals surface area contributed by atoms with E-state index in [1.54, 1.807) is 0 Å². The van der Waals surface area contributed by atoms with Crippen molar-refractivity contribution in [1.29, 1.82) is 0 Å². The number of hydrogen-bond acceptors (Lipinski definition) is 6. The smallest absolute Gasteiger partial charge is 0.354 e. The Morgan fingerprint density at radius 3 is 2.49 bits per heavy atom. The minimum absolute atomic E-state index is 0.0162. The van der Waals surface area contributed by atoms with E-state index in [0.717, 1.165) is 5.56 Å². The number of carboxylic acid groups (broad SMARTS) is 1. The SMILES string of the molecule is CC[C@H](O[Si](C)(C)C(C)(C)C)[C@@H]1C(=O)N2C(C(=O)O)=C(SCCC(=O)NCc3ccccc3)S[C@H]12. The number of fused-ring (bicyclic) bond motifs is 1. The van der Waals surface area contributed by atoms with Crippen molar-refractivity contribution in [2.45, 2.75) is 76.7 Å². The second-order valence-electron chi connectivity index (χ2n) is 10.4. The molecule has 1 aromatic rings. The lowest BCUT2D eigenvalue weighted by Gasteiger charge is -2.48. The Labute approximate surface area is 217 Å². The molecule has 1 fully saturated rings. The number of carbonyl (C=O) groups excluding carboxylic acids is 2. The summed E-state index contributed by atoms with van der Waals surface area (Å²) in [6, 6.07) is 9.67. The molecule has 0 aromatic heterocycles. The van der Waals surface area contributed by atoms with E-state index in [4.69, 9.17) is 4.43 Å². The molecule has 2 heterocycles. The van der Waals surface area contributed by atoms with Gasteiger partial charge in [0.25, 0.3) is 0 Å². The number of rotatable bonds is 11. The quantitative estimate of drug-likeness (QED) is 0.303. The molecule has 7 nitrogen and oxygen atoms in total. The summed E-state index contributed by atoms with van der Waals surface area (Å²) >= 11 is 2.75. The highest BCUT2D eigenvalue weighted by Crippen LogP contribution is 2.55. The highest BCUT2D eigenvalue weighted by Gasteiger charge is 2.59. The average Bonchev–Trinajstić information content (AvgIpc) is 3.11. The molecule has 0 spiro atoms. The number of nitrogens with one attached hydrogen (secondary N) is 1. The third kappa shape index (κ3) is 6.15. The second kappa shape index (κ2) is 11.1. The van der Waals surface area contributed by atoms with Crippen LogP contribution in [0.1, 0.15) is 46.1 Å². The predicted molar refractivity (Wildman–Crippen MR) is 144 cm³/mol. The van der Waals surface area contributed by atoms with Gasteiger partial charge in [0, 0.05) is 18.7 Å². The van der Waals surface area contributed by atoms with Gasteiger partial charge in [0.2, 0.25) is 11.8 Å². The maximum atomic E-state index is 13.1. The Balaban J connectivity index is 1.60. The van der Waals surface area contributed by atoms with Gasteiger partial charge in [0.05, 0.1) is 16.3 Å². The number of carboxylic acids is 1. The minimum Gasteiger partial charge on any atom is -0.477 e. The summed E-state index contributed by atoms with van der Waals surface area (Å²) < 4.78 is 7.19. The average molecular weight is 537 g/mol. The molecule has 0 saturated carbocycles. The minimum atomic E-state index is -2.09. The lowest BCUT2D eigenvalue weighted by Crippen LogP contribution is -2.63. The zero-order valence-electron chi connectivity index (χ0n) is 21.3. The third-order valence-electron chi connectivity index (χ3n) is 6.90. The van der Waals surface area contributed by atoms with Crippen molar-refractivity contribution in [1.82, 2.24) is 10.2 Å². The van der Waals surface area contributed by atoms with E-state index in [2.05, 4.69) is 39.2 Å². The lowest BCUT2D eigenvalue weighted by molar-refractivity contribution is -0.156. The fourth-order valence-corrected chi connectivity index (χ4v) is 8.14. The Morgan fingerprint density at radius 2 is 1.91 bits per heavy atom. The molecule has 2 amide bonds. The van der Waals surface area contributed by atoms with Gasteiger partial charge in [-0.25, -0.2) is 4.79 Å². The molecule has 10 heteroatoms. The molecule has 3 rings (SSSR count). The van der Waals surface area contributed by atoms with Crippen LogP contribution < -0.4 is 5.32 Å². The van der Waals surface area contributed by atoms with Gasteiger partial charge in [0.1, 0.15) is 5.37 Å². The fourth-order valence-electron chi connectivity index (χ4n) is 3.84. The Bertz CT molecular complexity index is 993. The molecule has 35 heavy (non-hydrogen) atoms. The van der Waals surface area contributed by atoms with E-state index < -0.39 is 14.3 Å². The molecule has 192 valence electrons. The fraction of sp³-hybridized carbons (Fsp3) is 0.560. The number of carbonyl (C=O) groups is 3. The van der Waals surface area contributed by atoms with Crippen molar-refractivity contribution in [3.05, 3.63) is 45.8 Å². The molecule has 0 radical (unpaired) electrons. The van der Waals surface area contributed by atoms with Crippen LogP contribution in [0.25, 0.3) is 0 Å². The lowest BCUT2D eigenvalue weighted by atomic mass is 9.90. The zero-order chi connectivity index (χ0) is 26.0. The normalized spacial score (nSPS) is 21.0. The van der Waals surface area contributed by atoms with Gasteiger partial charge in [-0.1, -0.05) is 69.8 Å². The van der Waals surface area contributed by atoms with Crippen molar-refractivity contribution in [3.8, 4) is 0 Å². The van der Waals surface area contributed by atoms with Crippen LogP contribution in [0.3, 0.4) is 0 Å². The van der Waals surface area contributed by atoms with E-state index in [0.29, 0.717) is 23.0 Å². The molecular weight excluding hydrogens is 501 g/mol. The van der Waals surface area contributed by atoms with Crippen LogP contribution in [0.15, 0.2) is 40.3 Å². The Hall–Kier alpha value is -1.75. The number of hydrogen-bond donors (Lipinski definition) is 2. The van der Waals surface area contributed by atoms with Gasteiger partial charge in [-0.05, 0) is 30.1 Å². The predicted octanol–water partition coefficient (Wildman–Crippen LogP) is 5.01. The number of amides is 2. The van der Waals surface area contributed by atoms with Crippen molar-refractivity contribution in [3.63, 3.8) is 0 Å². The first-order valence-electron chi connectivity index (χ1n) is 12.0. The molecule has 3 atom stereocenters. The molecule has 1 aromatic carbocycles. The maximum Gasteiger partial charge on any atom is 0.354 e. The van der Waals surface area contributed by atoms with Crippen molar-refractivity contribution >= 4 is 49.6 Å². The molecule has 0 bridgehead atoms. The topological polar surface area (TPSA) is 95.9 Å². The van der Waals surface area contributed by atoms with E-state index in [1.807, 2.05) is 37.3 Å². The van der Waals surface area contributed by atoms with Crippen LogP contribution in [0, 0.1) is 5.92 Å². The highest BCUT2D eigenvalue weighted by molar-refractivity contribution is 8.22. The van der Waals surface area contributed by atoms with Crippen LogP contribution in [0.4, 0.5) is 0 Å². The molecular formula is C25H36N2O5S2Si. The maximum absolute atomic E-state index is 13.1. The first-order chi connectivity index (χ1) is 16.4. The summed E-state index contributed by atoms with van der Waals surface area (Å²) in [6.07, 6.45) is 0.725. The number of thioether (sulfide) groups is 2. The largest absolute Gasteiger partial charge is 0.477 e. The summed E-state index contributed by atoms with van der Waals surface area (Å²) in [5.41, 5.74) is 1.06. The van der Waals surface area contributed by atoms with Gasteiger partial charge in [-0.3, -0.25) is 14.5 Å². The van der Waals surface area contributed by atoms with Crippen LogP contribution in [-0.4, -0.2) is 53.3 Å². The zero-order valence-corrected chi connectivity index (χ0v) is 23.9. The van der Waals surface area contributed by atoms with Crippen molar-refractivity contribution < 1.29 is 23.9 Å². The van der Waals surface area contributed by atoms with Gasteiger partial charge < -0.3 is 14.8 Å². The first-order valence-corrected chi connectivity index (χ1v) is 16.7. The summed E-state index contributed by atoms with van der Waals surface area (Å²) in [5.74, 6) is -1.30. The van der Waals surface area contributed by atoms with E-state index in [1.165, 1.54) is 28.4 Å².